The van der Waals surface area contributed by atoms with E-state index in [1.165, 1.54) is 12.1 Å². The lowest BCUT2D eigenvalue weighted by Gasteiger charge is -2.07. The molecule has 1 heterocycles. The first-order valence-corrected chi connectivity index (χ1v) is 7.08. The van der Waals surface area contributed by atoms with Gasteiger partial charge < -0.3 is 4.74 Å². The summed E-state index contributed by atoms with van der Waals surface area (Å²) >= 11 is 0. The number of aryl methyl sites for hydroxylation is 1. The van der Waals surface area contributed by atoms with E-state index in [1.807, 2.05) is 26.0 Å². The van der Waals surface area contributed by atoms with E-state index in [-0.39, 0.29) is 5.82 Å². The molecule has 0 amide bonds. The predicted molar refractivity (Wildman–Crippen MR) is 84.2 cm³/mol. The summed E-state index contributed by atoms with van der Waals surface area (Å²) in [6.07, 6.45) is 0. The third-order valence-corrected chi connectivity index (χ3v) is 3.50. The van der Waals surface area contributed by atoms with Gasteiger partial charge in [-0.05, 0) is 62.4 Å². The molecule has 0 atom stereocenters. The van der Waals surface area contributed by atoms with Gasteiger partial charge >= 0.3 is 0 Å². The van der Waals surface area contributed by atoms with Gasteiger partial charge in [0.05, 0.1) is 23.0 Å². The van der Waals surface area contributed by atoms with Crippen LogP contribution in [-0.2, 0) is 0 Å². The standard InChI is InChI=1S/C18H14FN3O/c1-12-18(23-17-9-5-15(19)6-10-17)13(2)22(21-12)16-7-3-14(11-20)4-8-16/h3-10H,1-2H3. The number of ether oxygens (including phenoxy) is 1. The number of hydrogen-bond acceptors (Lipinski definition) is 3. The summed E-state index contributed by atoms with van der Waals surface area (Å²) in [6, 6.07) is 15.1. The lowest BCUT2D eigenvalue weighted by Crippen LogP contribution is -1.99. The molecule has 0 N–H and O–H groups in total. The second-order valence-corrected chi connectivity index (χ2v) is 5.13. The number of hydrogen-bond donors (Lipinski definition) is 0. The molecular weight excluding hydrogens is 293 g/mol. The number of aromatic nitrogens is 2. The van der Waals surface area contributed by atoms with Crippen LogP contribution in [0.3, 0.4) is 0 Å². The average Bonchev–Trinajstić information content (AvgIpc) is 2.85. The van der Waals surface area contributed by atoms with Crippen LogP contribution in [0.25, 0.3) is 5.69 Å². The summed E-state index contributed by atoms with van der Waals surface area (Å²) in [6.45, 7) is 3.75. The van der Waals surface area contributed by atoms with Gasteiger partial charge in [0.25, 0.3) is 0 Å². The molecule has 0 spiro atoms. The van der Waals surface area contributed by atoms with Crippen LogP contribution in [0.15, 0.2) is 48.5 Å². The Kier molecular flexibility index (Phi) is 3.82. The largest absolute Gasteiger partial charge is 0.453 e. The minimum atomic E-state index is -0.306. The lowest BCUT2D eigenvalue weighted by molar-refractivity contribution is 0.473. The van der Waals surface area contributed by atoms with Crippen molar-refractivity contribution in [3.63, 3.8) is 0 Å². The normalized spacial score (nSPS) is 10.3. The van der Waals surface area contributed by atoms with Gasteiger partial charge in [-0.3, -0.25) is 0 Å². The van der Waals surface area contributed by atoms with Crippen molar-refractivity contribution in [1.82, 2.24) is 9.78 Å². The topological polar surface area (TPSA) is 50.8 Å². The van der Waals surface area contributed by atoms with E-state index in [2.05, 4.69) is 11.2 Å². The zero-order chi connectivity index (χ0) is 16.4. The minimum Gasteiger partial charge on any atom is -0.453 e. The van der Waals surface area contributed by atoms with Gasteiger partial charge in [0, 0.05) is 0 Å². The van der Waals surface area contributed by atoms with E-state index in [4.69, 9.17) is 10.00 Å². The van der Waals surface area contributed by atoms with Crippen LogP contribution in [0, 0.1) is 31.0 Å². The van der Waals surface area contributed by atoms with E-state index in [9.17, 15) is 4.39 Å². The minimum absolute atomic E-state index is 0.306. The van der Waals surface area contributed by atoms with E-state index in [0.29, 0.717) is 17.1 Å². The first-order valence-electron chi connectivity index (χ1n) is 7.08. The van der Waals surface area contributed by atoms with Crippen LogP contribution >= 0.6 is 0 Å². The maximum atomic E-state index is 13.0. The number of nitriles is 1. The molecule has 2 aromatic carbocycles. The first-order chi connectivity index (χ1) is 11.1. The third kappa shape index (κ3) is 2.92. The van der Waals surface area contributed by atoms with Crippen LogP contribution in [0.2, 0.25) is 0 Å². The molecule has 0 fully saturated rings. The van der Waals surface area contributed by atoms with Crippen LogP contribution in [0.1, 0.15) is 17.0 Å². The van der Waals surface area contributed by atoms with Crippen molar-refractivity contribution in [2.45, 2.75) is 13.8 Å². The molecule has 4 nitrogen and oxygen atoms in total. The summed E-state index contributed by atoms with van der Waals surface area (Å²) < 4.78 is 20.6. The molecule has 114 valence electrons. The van der Waals surface area contributed by atoms with Crippen molar-refractivity contribution in [2.75, 3.05) is 0 Å². The fourth-order valence-corrected chi connectivity index (χ4v) is 2.33. The SMILES string of the molecule is Cc1nn(-c2ccc(C#N)cc2)c(C)c1Oc1ccc(F)cc1. The Bertz CT molecular complexity index is 874. The smallest absolute Gasteiger partial charge is 0.171 e. The van der Waals surface area contributed by atoms with Crippen molar-refractivity contribution in [1.29, 1.82) is 5.26 Å². The van der Waals surface area contributed by atoms with Gasteiger partial charge in [0.1, 0.15) is 17.3 Å². The molecule has 3 aromatic rings. The molecule has 23 heavy (non-hydrogen) atoms. The van der Waals surface area contributed by atoms with Gasteiger partial charge in [-0.15, -0.1) is 0 Å². The van der Waals surface area contributed by atoms with E-state index < -0.39 is 0 Å². The number of rotatable bonds is 3. The molecule has 5 heteroatoms. The highest BCUT2D eigenvalue weighted by Gasteiger charge is 2.15. The second-order valence-electron chi connectivity index (χ2n) is 5.13. The van der Waals surface area contributed by atoms with E-state index in [0.717, 1.165) is 17.1 Å². The van der Waals surface area contributed by atoms with Crippen molar-refractivity contribution in [3.8, 4) is 23.3 Å². The molecule has 1 aromatic heterocycles. The maximum absolute atomic E-state index is 13.0. The Labute approximate surface area is 133 Å². The van der Waals surface area contributed by atoms with Crippen LogP contribution in [0.5, 0.6) is 11.5 Å². The molecule has 0 bridgehead atoms. The van der Waals surface area contributed by atoms with Gasteiger partial charge in [0.2, 0.25) is 0 Å². The fourth-order valence-electron chi connectivity index (χ4n) is 2.33. The van der Waals surface area contributed by atoms with Gasteiger partial charge in [-0.1, -0.05) is 0 Å². The molecule has 0 aliphatic carbocycles. The van der Waals surface area contributed by atoms with Crippen molar-refractivity contribution in [3.05, 3.63) is 71.3 Å². The Balaban J connectivity index is 1.95. The summed E-state index contributed by atoms with van der Waals surface area (Å²) in [5.74, 6) is 0.886. The lowest BCUT2D eigenvalue weighted by atomic mass is 10.2. The molecular formula is C18H14FN3O. The summed E-state index contributed by atoms with van der Waals surface area (Å²) in [5.41, 5.74) is 3.00. The number of benzene rings is 2. The van der Waals surface area contributed by atoms with Crippen molar-refractivity contribution < 1.29 is 9.13 Å². The zero-order valence-corrected chi connectivity index (χ0v) is 12.7. The molecule has 0 aliphatic rings. The highest BCUT2D eigenvalue weighted by Crippen LogP contribution is 2.30. The quantitative estimate of drug-likeness (QED) is 0.725. The van der Waals surface area contributed by atoms with Crippen LogP contribution < -0.4 is 4.74 Å². The molecule has 0 aliphatic heterocycles. The second kappa shape index (κ2) is 5.93. The van der Waals surface area contributed by atoms with Gasteiger partial charge in [-0.2, -0.15) is 10.4 Å². The van der Waals surface area contributed by atoms with Crippen molar-refractivity contribution in [2.24, 2.45) is 0 Å². The van der Waals surface area contributed by atoms with E-state index >= 15 is 0 Å². The maximum Gasteiger partial charge on any atom is 0.171 e. The van der Waals surface area contributed by atoms with Crippen molar-refractivity contribution >= 4 is 0 Å². The molecule has 0 radical (unpaired) electrons. The molecule has 0 unspecified atom stereocenters. The van der Waals surface area contributed by atoms with Gasteiger partial charge in [0.15, 0.2) is 5.75 Å². The highest BCUT2D eigenvalue weighted by atomic mass is 19.1. The van der Waals surface area contributed by atoms with Crippen LogP contribution in [0.4, 0.5) is 4.39 Å². The Hall–Kier alpha value is -3.13. The number of nitrogens with zero attached hydrogens (tertiary/aromatic N) is 3. The fraction of sp³-hybridized carbons (Fsp3) is 0.111. The highest BCUT2D eigenvalue weighted by molar-refractivity contribution is 5.45. The molecule has 0 saturated heterocycles. The number of halogens is 1. The summed E-state index contributed by atoms with van der Waals surface area (Å²) in [7, 11) is 0. The zero-order valence-electron chi connectivity index (χ0n) is 12.7. The third-order valence-electron chi connectivity index (χ3n) is 3.50. The summed E-state index contributed by atoms with van der Waals surface area (Å²) in [5, 5.41) is 13.4. The summed E-state index contributed by atoms with van der Waals surface area (Å²) in [4.78, 5) is 0. The monoisotopic (exact) mass is 307 g/mol. The molecule has 0 saturated carbocycles. The predicted octanol–water partition coefficient (Wildman–Crippen LogP) is 4.29. The average molecular weight is 307 g/mol. The Morgan fingerprint density at radius 2 is 1.70 bits per heavy atom. The Morgan fingerprint density at radius 1 is 1.04 bits per heavy atom. The van der Waals surface area contributed by atoms with Crippen LogP contribution in [-0.4, -0.2) is 9.78 Å². The van der Waals surface area contributed by atoms with E-state index in [1.54, 1.807) is 28.9 Å². The first kappa shape index (κ1) is 14.8. The Morgan fingerprint density at radius 3 is 2.30 bits per heavy atom. The molecule has 3 rings (SSSR count). The van der Waals surface area contributed by atoms with Gasteiger partial charge in [-0.25, -0.2) is 9.07 Å².